The van der Waals surface area contributed by atoms with E-state index in [0.717, 1.165) is 59.4 Å². The van der Waals surface area contributed by atoms with Gasteiger partial charge in [-0.3, -0.25) is 14.7 Å². The molecule has 0 spiro atoms. The monoisotopic (exact) mass is 560 g/mol. The molecule has 7 nitrogen and oxygen atoms in total. The third-order valence-electron chi connectivity index (χ3n) is 7.59. The van der Waals surface area contributed by atoms with Gasteiger partial charge in [0.25, 0.3) is 5.91 Å². The molecule has 42 heavy (non-hydrogen) atoms. The Hall–Kier alpha value is -4.33. The van der Waals surface area contributed by atoms with Gasteiger partial charge in [-0.1, -0.05) is 69.2 Å². The molecule has 0 aliphatic rings. The van der Waals surface area contributed by atoms with Crippen molar-refractivity contribution >= 4 is 22.5 Å². The van der Waals surface area contributed by atoms with Crippen LogP contribution in [-0.4, -0.2) is 25.8 Å². The second-order valence-corrected chi connectivity index (χ2v) is 10.8. The van der Waals surface area contributed by atoms with E-state index in [9.17, 15) is 4.79 Å². The number of hydrogen-bond donors (Lipinski definition) is 3. The average Bonchev–Trinajstić information content (AvgIpc) is 3.52. The number of pyridine rings is 1. The summed E-state index contributed by atoms with van der Waals surface area (Å²) in [5.41, 5.74) is 14.3. The third-order valence-corrected chi connectivity index (χ3v) is 7.59. The minimum absolute atomic E-state index is 0.102. The van der Waals surface area contributed by atoms with Crippen molar-refractivity contribution in [1.29, 1.82) is 0 Å². The van der Waals surface area contributed by atoms with Gasteiger partial charge in [0.15, 0.2) is 0 Å². The molecule has 0 bridgehead atoms. The Morgan fingerprint density at radius 1 is 0.881 bits per heavy atom. The number of aromatic amines is 1. The van der Waals surface area contributed by atoms with E-state index in [4.69, 9.17) is 10.7 Å². The van der Waals surface area contributed by atoms with E-state index in [1.165, 1.54) is 16.7 Å². The number of nitrogens with one attached hydrogen (secondary N) is 2. The lowest BCUT2D eigenvalue weighted by atomic mass is 9.92. The van der Waals surface area contributed by atoms with Crippen molar-refractivity contribution in [1.82, 2.24) is 19.9 Å². The minimum Gasteiger partial charge on any atom is -0.348 e. The molecule has 2 aromatic heterocycles. The van der Waals surface area contributed by atoms with Gasteiger partial charge in [0.05, 0.1) is 17.8 Å². The molecule has 0 aliphatic heterocycles. The lowest BCUT2D eigenvalue weighted by Gasteiger charge is -2.21. The highest BCUT2D eigenvalue weighted by Crippen LogP contribution is 2.27. The number of carbonyl (C=O) groups excluding carboxylic acids is 1. The average molecular weight is 561 g/mol. The number of rotatable bonds is 13. The van der Waals surface area contributed by atoms with Crippen molar-refractivity contribution in [3.63, 3.8) is 0 Å². The molecule has 7 heteroatoms. The Labute approximate surface area is 248 Å². The molecule has 216 valence electrons. The maximum absolute atomic E-state index is 13.3. The Morgan fingerprint density at radius 3 is 2.40 bits per heavy atom. The molecule has 1 amide bonds. The molecular formula is C35H40N6O. The van der Waals surface area contributed by atoms with Gasteiger partial charge in [0.2, 0.25) is 0 Å². The zero-order valence-corrected chi connectivity index (χ0v) is 24.6. The van der Waals surface area contributed by atoms with Crippen molar-refractivity contribution in [2.75, 3.05) is 5.32 Å². The number of nitrogens with two attached hydrogens (primary N) is 1. The molecule has 0 atom stereocenters. The predicted octanol–water partition coefficient (Wildman–Crippen LogP) is 6.78. The zero-order valence-electron chi connectivity index (χ0n) is 24.6. The molecule has 5 aromatic rings. The fraction of sp³-hybridized carbons (Fsp3) is 0.286. The quantitative estimate of drug-likeness (QED) is 0.147. The largest absolute Gasteiger partial charge is 0.348 e. The Balaban J connectivity index is 1.31. The number of aromatic nitrogens is 3. The highest BCUT2D eigenvalue weighted by atomic mass is 16.1. The Kier molecular flexibility index (Phi) is 9.74. The van der Waals surface area contributed by atoms with Crippen LogP contribution in [0.5, 0.6) is 0 Å². The first-order valence-corrected chi connectivity index (χ1v) is 14.9. The molecule has 5 rings (SSSR count). The topological polar surface area (TPSA) is 99.9 Å². The van der Waals surface area contributed by atoms with Crippen LogP contribution in [0.4, 0.5) is 5.69 Å². The molecule has 2 heterocycles. The van der Waals surface area contributed by atoms with Gasteiger partial charge in [-0.05, 0) is 65.4 Å². The minimum atomic E-state index is -0.102. The molecule has 0 saturated heterocycles. The summed E-state index contributed by atoms with van der Waals surface area (Å²) >= 11 is 0. The van der Waals surface area contributed by atoms with E-state index in [0.29, 0.717) is 31.7 Å². The summed E-state index contributed by atoms with van der Waals surface area (Å²) in [5, 5.41) is 4.32. The lowest BCUT2D eigenvalue weighted by Crippen LogP contribution is -2.23. The number of hydrogen-bond acceptors (Lipinski definition) is 5. The number of carbonyl (C=O) groups is 1. The molecule has 0 fully saturated rings. The van der Waals surface area contributed by atoms with Gasteiger partial charge in [0.1, 0.15) is 5.82 Å². The summed E-state index contributed by atoms with van der Waals surface area (Å²) in [7, 11) is 0. The third kappa shape index (κ3) is 7.11. The van der Waals surface area contributed by atoms with Gasteiger partial charge in [-0.25, -0.2) is 4.98 Å². The highest BCUT2D eigenvalue weighted by molar-refractivity contribution is 6.04. The van der Waals surface area contributed by atoms with Crippen LogP contribution >= 0.6 is 0 Å². The van der Waals surface area contributed by atoms with Crippen LogP contribution in [0.2, 0.25) is 0 Å². The van der Waals surface area contributed by atoms with Crippen LogP contribution in [0.1, 0.15) is 70.8 Å². The molecule has 4 N–H and O–H groups in total. The van der Waals surface area contributed by atoms with Crippen molar-refractivity contribution in [2.24, 2.45) is 5.73 Å². The second-order valence-electron chi connectivity index (χ2n) is 10.8. The fourth-order valence-corrected chi connectivity index (χ4v) is 5.55. The SMILES string of the molecule is CCCc1c(CN)ccc(NC(=O)c2ccc(CN(Cc3ccc4ccccc4n3)Cc3ncc[nH]3)cc2)c1CCC. The maximum Gasteiger partial charge on any atom is 0.255 e. The van der Waals surface area contributed by atoms with Crippen LogP contribution in [0.3, 0.4) is 0 Å². The molecule has 0 radical (unpaired) electrons. The standard InChI is InChI=1S/C35H40N6O/c1-3-7-30-28(21-36)16-18-33(31(30)8-4-2)40-35(42)27-13-11-25(12-14-27)22-41(24-34-37-19-20-38-34)23-29-17-15-26-9-5-6-10-32(26)39-29/h5-6,9-20H,3-4,7-8,21-24,36H2,1-2H3,(H,37,38)(H,40,42). The summed E-state index contributed by atoms with van der Waals surface area (Å²) in [6.07, 6.45) is 7.53. The first-order chi connectivity index (χ1) is 20.6. The normalized spacial score (nSPS) is 11.3. The first-order valence-electron chi connectivity index (χ1n) is 14.9. The zero-order chi connectivity index (χ0) is 29.3. The van der Waals surface area contributed by atoms with Gasteiger partial charge in [-0.15, -0.1) is 0 Å². The number of fused-ring (bicyclic) bond motifs is 1. The molecule has 0 unspecified atom stereocenters. The van der Waals surface area contributed by atoms with Crippen molar-refractivity contribution in [2.45, 2.75) is 65.7 Å². The molecular weight excluding hydrogens is 520 g/mol. The van der Waals surface area contributed by atoms with Crippen molar-refractivity contribution in [3.05, 3.63) is 125 Å². The van der Waals surface area contributed by atoms with Crippen LogP contribution in [-0.2, 0) is 39.0 Å². The van der Waals surface area contributed by atoms with Crippen LogP contribution in [0.15, 0.2) is 85.2 Å². The molecule has 3 aromatic carbocycles. The summed E-state index contributed by atoms with van der Waals surface area (Å²) in [5.74, 6) is 0.799. The van der Waals surface area contributed by atoms with E-state index in [2.05, 4.69) is 58.3 Å². The summed E-state index contributed by atoms with van der Waals surface area (Å²) < 4.78 is 0. The predicted molar refractivity (Wildman–Crippen MR) is 170 cm³/mol. The number of nitrogens with zero attached hydrogens (tertiary/aromatic N) is 3. The second kappa shape index (κ2) is 14.0. The van der Waals surface area contributed by atoms with Crippen molar-refractivity contribution in [3.8, 4) is 0 Å². The van der Waals surface area contributed by atoms with E-state index < -0.39 is 0 Å². The fourth-order valence-electron chi connectivity index (χ4n) is 5.55. The van der Waals surface area contributed by atoms with Gasteiger partial charge in [-0.2, -0.15) is 0 Å². The smallest absolute Gasteiger partial charge is 0.255 e. The van der Waals surface area contributed by atoms with Crippen LogP contribution in [0, 0.1) is 0 Å². The van der Waals surface area contributed by atoms with Crippen LogP contribution < -0.4 is 11.1 Å². The number of para-hydroxylation sites is 1. The summed E-state index contributed by atoms with van der Waals surface area (Å²) in [6, 6.07) is 24.3. The highest BCUT2D eigenvalue weighted by Gasteiger charge is 2.16. The number of amides is 1. The van der Waals surface area contributed by atoms with Gasteiger partial charge in [0, 0.05) is 48.7 Å². The number of benzene rings is 3. The Morgan fingerprint density at radius 2 is 1.67 bits per heavy atom. The molecule has 0 aliphatic carbocycles. The van der Waals surface area contributed by atoms with E-state index in [1.807, 2.05) is 54.7 Å². The lowest BCUT2D eigenvalue weighted by molar-refractivity contribution is 0.102. The number of anilines is 1. The van der Waals surface area contributed by atoms with Gasteiger partial charge >= 0.3 is 0 Å². The van der Waals surface area contributed by atoms with Gasteiger partial charge < -0.3 is 16.0 Å². The Bertz CT molecular complexity index is 1610. The van der Waals surface area contributed by atoms with E-state index in [1.54, 1.807) is 6.20 Å². The number of H-pyrrole nitrogens is 1. The van der Waals surface area contributed by atoms with E-state index >= 15 is 0 Å². The van der Waals surface area contributed by atoms with E-state index in [-0.39, 0.29) is 5.91 Å². The van der Waals surface area contributed by atoms with Crippen LogP contribution in [0.25, 0.3) is 10.9 Å². The summed E-state index contributed by atoms with van der Waals surface area (Å²) in [4.78, 5) is 28.2. The number of imidazole rings is 1. The maximum atomic E-state index is 13.3. The molecule has 0 saturated carbocycles. The first kappa shape index (κ1) is 29.2. The summed E-state index contributed by atoms with van der Waals surface area (Å²) in [6.45, 7) is 6.88. The van der Waals surface area contributed by atoms with Crippen molar-refractivity contribution < 1.29 is 4.79 Å².